The summed E-state index contributed by atoms with van der Waals surface area (Å²) in [4.78, 5) is 0. The molecule has 0 aromatic carbocycles. The number of hydrogen-bond donors (Lipinski definition) is 1. The fourth-order valence-electron chi connectivity index (χ4n) is 1.36. The van der Waals surface area contributed by atoms with Crippen LogP contribution in [0.15, 0.2) is 12.4 Å². The number of nitrogens with zero attached hydrogens (tertiary/aromatic N) is 2. The molecule has 15 heavy (non-hydrogen) atoms. The molecule has 0 amide bonds. The Bertz CT molecular complexity index is 260. The quantitative estimate of drug-likeness (QED) is 0.665. The van der Waals surface area contributed by atoms with E-state index >= 15 is 0 Å². The Morgan fingerprint density at radius 1 is 1.40 bits per heavy atom. The maximum atomic E-state index is 5.56. The highest BCUT2D eigenvalue weighted by Crippen LogP contribution is 2.08. The van der Waals surface area contributed by atoms with Gasteiger partial charge in [0.05, 0.1) is 19.0 Å². The molecule has 0 atom stereocenters. The number of aromatic nitrogens is 2. The first kappa shape index (κ1) is 12.0. The van der Waals surface area contributed by atoms with Crippen LogP contribution in [0.25, 0.3) is 0 Å². The zero-order valence-electron chi connectivity index (χ0n) is 9.70. The number of nitrogens with one attached hydrogen (secondary N) is 1. The Morgan fingerprint density at radius 2 is 2.27 bits per heavy atom. The van der Waals surface area contributed by atoms with E-state index < -0.39 is 0 Å². The van der Waals surface area contributed by atoms with Crippen LogP contribution in [0.1, 0.15) is 26.2 Å². The van der Waals surface area contributed by atoms with Crippen LogP contribution in [0, 0.1) is 0 Å². The maximum Gasteiger partial charge on any atom is 0.157 e. The van der Waals surface area contributed by atoms with Gasteiger partial charge in [-0.2, -0.15) is 5.10 Å². The van der Waals surface area contributed by atoms with Gasteiger partial charge < -0.3 is 10.1 Å². The van der Waals surface area contributed by atoms with E-state index in [1.54, 1.807) is 6.20 Å². The van der Waals surface area contributed by atoms with Crippen LogP contribution in [-0.2, 0) is 6.54 Å². The molecule has 86 valence electrons. The minimum absolute atomic E-state index is 0.791. The summed E-state index contributed by atoms with van der Waals surface area (Å²) in [6, 6.07) is 0. The van der Waals surface area contributed by atoms with Crippen LogP contribution in [0.5, 0.6) is 5.75 Å². The molecule has 0 saturated carbocycles. The van der Waals surface area contributed by atoms with E-state index in [0.717, 1.165) is 31.9 Å². The normalized spacial score (nSPS) is 10.5. The lowest BCUT2D eigenvalue weighted by Crippen LogP contribution is -2.07. The van der Waals surface area contributed by atoms with E-state index in [0.29, 0.717) is 0 Å². The topological polar surface area (TPSA) is 39.1 Å². The van der Waals surface area contributed by atoms with Crippen molar-refractivity contribution in [3.63, 3.8) is 0 Å². The second-order valence-electron chi connectivity index (χ2n) is 3.54. The number of unbranched alkanes of at least 4 members (excludes halogenated alkanes) is 2. The highest BCUT2D eigenvalue weighted by atomic mass is 16.5. The summed E-state index contributed by atoms with van der Waals surface area (Å²) in [5.41, 5.74) is 0. The van der Waals surface area contributed by atoms with Gasteiger partial charge in [-0.1, -0.05) is 0 Å². The number of rotatable bonds is 8. The molecule has 4 nitrogen and oxygen atoms in total. The number of ether oxygens (including phenoxy) is 1. The van der Waals surface area contributed by atoms with Gasteiger partial charge in [-0.15, -0.1) is 0 Å². The summed E-state index contributed by atoms with van der Waals surface area (Å²) >= 11 is 0. The summed E-state index contributed by atoms with van der Waals surface area (Å²) < 4.78 is 7.44. The summed E-state index contributed by atoms with van der Waals surface area (Å²) in [6.45, 7) is 4.84. The van der Waals surface area contributed by atoms with Crippen molar-refractivity contribution in [2.75, 3.05) is 20.2 Å². The van der Waals surface area contributed by atoms with Crippen molar-refractivity contribution in [1.82, 2.24) is 15.1 Å². The fourth-order valence-corrected chi connectivity index (χ4v) is 1.36. The van der Waals surface area contributed by atoms with E-state index in [-0.39, 0.29) is 0 Å². The van der Waals surface area contributed by atoms with Crippen molar-refractivity contribution in [2.24, 2.45) is 0 Å². The minimum atomic E-state index is 0.791. The van der Waals surface area contributed by atoms with Crippen LogP contribution in [0.2, 0.25) is 0 Å². The standard InChI is InChI=1S/C11H21N3O/c1-3-14-10-11(9-13-14)15-8-6-4-5-7-12-2/h9-10,12H,3-8H2,1-2H3. The van der Waals surface area contributed by atoms with Crippen LogP contribution in [0.4, 0.5) is 0 Å². The molecule has 1 aromatic rings. The third kappa shape index (κ3) is 4.83. The summed E-state index contributed by atoms with van der Waals surface area (Å²) in [5.74, 6) is 0.880. The molecular formula is C11H21N3O. The van der Waals surface area contributed by atoms with E-state index in [1.807, 2.05) is 17.9 Å². The van der Waals surface area contributed by atoms with Gasteiger partial charge in [0.2, 0.25) is 0 Å². The highest BCUT2D eigenvalue weighted by Gasteiger charge is 1.97. The molecule has 0 bridgehead atoms. The van der Waals surface area contributed by atoms with E-state index in [2.05, 4.69) is 17.3 Å². The Balaban J connectivity index is 2.04. The van der Waals surface area contributed by atoms with Crippen LogP contribution < -0.4 is 10.1 Å². The van der Waals surface area contributed by atoms with E-state index in [4.69, 9.17) is 4.74 Å². The summed E-state index contributed by atoms with van der Waals surface area (Å²) in [7, 11) is 1.98. The Kier molecular flexibility index (Phi) is 5.85. The van der Waals surface area contributed by atoms with E-state index in [1.165, 1.54) is 12.8 Å². The van der Waals surface area contributed by atoms with Gasteiger partial charge in [0.25, 0.3) is 0 Å². The molecule has 0 aliphatic carbocycles. The first-order valence-electron chi connectivity index (χ1n) is 5.66. The van der Waals surface area contributed by atoms with Crippen molar-refractivity contribution >= 4 is 0 Å². The third-order valence-electron chi connectivity index (χ3n) is 2.27. The monoisotopic (exact) mass is 211 g/mol. The largest absolute Gasteiger partial charge is 0.490 e. The molecule has 0 fully saturated rings. The third-order valence-corrected chi connectivity index (χ3v) is 2.27. The molecule has 0 saturated heterocycles. The lowest BCUT2D eigenvalue weighted by Gasteiger charge is -2.02. The van der Waals surface area contributed by atoms with Gasteiger partial charge in [0.15, 0.2) is 5.75 Å². The number of hydrogen-bond acceptors (Lipinski definition) is 3. The number of aryl methyl sites for hydroxylation is 1. The molecule has 1 heterocycles. The summed E-state index contributed by atoms with van der Waals surface area (Å²) in [5, 5.41) is 7.28. The molecule has 0 radical (unpaired) electrons. The van der Waals surface area contributed by atoms with Crippen molar-refractivity contribution in [3.05, 3.63) is 12.4 Å². The highest BCUT2D eigenvalue weighted by molar-refractivity contribution is 5.11. The van der Waals surface area contributed by atoms with Gasteiger partial charge in [-0.3, -0.25) is 4.68 Å². The molecule has 0 aliphatic heterocycles. The molecule has 1 aromatic heterocycles. The molecule has 0 spiro atoms. The first-order valence-corrected chi connectivity index (χ1v) is 5.66. The lowest BCUT2D eigenvalue weighted by molar-refractivity contribution is 0.304. The molecule has 0 unspecified atom stereocenters. The molecule has 1 N–H and O–H groups in total. The average molecular weight is 211 g/mol. The van der Waals surface area contributed by atoms with Gasteiger partial charge in [-0.25, -0.2) is 0 Å². The molecule has 0 aliphatic rings. The van der Waals surface area contributed by atoms with Crippen LogP contribution >= 0.6 is 0 Å². The minimum Gasteiger partial charge on any atom is -0.490 e. The average Bonchev–Trinajstić information content (AvgIpc) is 2.71. The van der Waals surface area contributed by atoms with Gasteiger partial charge in [-0.05, 0) is 39.8 Å². The SMILES string of the molecule is CCn1cc(OCCCCCNC)cn1. The van der Waals surface area contributed by atoms with Crippen LogP contribution in [-0.4, -0.2) is 30.0 Å². The summed E-state index contributed by atoms with van der Waals surface area (Å²) in [6.07, 6.45) is 7.25. The Hall–Kier alpha value is -1.03. The van der Waals surface area contributed by atoms with Gasteiger partial charge >= 0.3 is 0 Å². The maximum absolute atomic E-state index is 5.56. The fraction of sp³-hybridized carbons (Fsp3) is 0.727. The van der Waals surface area contributed by atoms with Crippen LogP contribution in [0.3, 0.4) is 0 Å². The predicted molar refractivity (Wildman–Crippen MR) is 61.2 cm³/mol. The van der Waals surface area contributed by atoms with Gasteiger partial charge in [0, 0.05) is 6.54 Å². The van der Waals surface area contributed by atoms with Crippen molar-refractivity contribution in [3.8, 4) is 5.75 Å². The molecule has 1 rings (SSSR count). The van der Waals surface area contributed by atoms with Crippen molar-refractivity contribution in [1.29, 1.82) is 0 Å². The Morgan fingerprint density at radius 3 is 2.93 bits per heavy atom. The zero-order valence-corrected chi connectivity index (χ0v) is 9.70. The molecule has 4 heteroatoms. The van der Waals surface area contributed by atoms with E-state index in [9.17, 15) is 0 Å². The van der Waals surface area contributed by atoms with Gasteiger partial charge in [0.1, 0.15) is 0 Å². The second kappa shape index (κ2) is 7.29. The first-order chi connectivity index (χ1) is 7.36. The van der Waals surface area contributed by atoms with Crippen molar-refractivity contribution in [2.45, 2.75) is 32.7 Å². The Labute approximate surface area is 91.6 Å². The smallest absolute Gasteiger partial charge is 0.157 e. The zero-order chi connectivity index (χ0) is 10.9. The predicted octanol–water partition coefficient (Wildman–Crippen LogP) is 1.67. The lowest BCUT2D eigenvalue weighted by atomic mass is 10.2. The second-order valence-corrected chi connectivity index (χ2v) is 3.54. The van der Waals surface area contributed by atoms with Crippen molar-refractivity contribution < 1.29 is 4.74 Å². The molecular weight excluding hydrogens is 190 g/mol.